The third-order valence-electron chi connectivity index (χ3n) is 2.98. The molecular weight excluding hydrogens is 305 g/mol. The van der Waals surface area contributed by atoms with Crippen LogP contribution < -0.4 is 16.6 Å². The monoisotopic (exact) mass is 316 g/mol. The average Bonchev–Trinajstić information content (AvgIpc) is 2.47. The maximum Gasteiger partial charge on any atom is 0.405 e. The third-order valence-corrected chi connectivity index (χ3v) is 2.98. The molecule has 7 nitrogen and oxygen atoms in total. The molecule has 2 aromatic rings. The van der Waals surface area contributed by atoms with E-state index in [9.17, 15) is 27.6 Å². The summed E-state index contributed by atoms with van der Waals surface area (Å²) in [5, 5.41) is 1.75. The Labute approximate surface area is 121 Å². The van der Waals surface area contributed by atoms with Gasteiger partial charge in [0.25, 0.3) is 11.5 Å². The predicted molar refractivity (Wildman–Crippen MR) is 70.6 cm³/mol. The molecule has 0 saturated heterocycles. The second-order valence-corrected chi connectivity index (χ2v) is 4.57. The molecule has 0 aliphatic carbocycles. The Kier molecular flexibility index (Phi) is 3.77. The molecule has 0 fully saturated rings. The lowest BCUT2D eigenvalue weighted by molar-refractivity contribution is -0.123. The Hall–Kier alpha value is -2.65. The number of pyridine rings is 1. The lowest BCUT2D eigenvalue weighted by atomic mass is 10.2. The number of hydrogen-bond donors (Lipinski definition) is 1. The second-order valence-electron chi connectivity index (χ2n) is 4.57. The number of rotatable bonds is 2. The van der Waals surface area contributed by atoms with Crippen LogP contribution >= 0.6 is 0 Å². The van der Waals surface area contributed by atoms with E-state index in [1.807, 2.05) is 0 Å². The molecule has 0 unspecified atom stereocenters. The second kappa shape index (κ2) is 5.28. The lowest BCUT2D eigenvalue weighted by Crippen LogP contribution is -2.38. The Morgan fingerprint density at radius 2 is 1.86 bits per heavy atom. The predicted octanol–water partition coefficient (Wildman–Crippen LogP) is -0.0757. The summed E-state index contributed by atoms with van der Waals surface area (Å²) in [4.78, 5) is 39.1. The summed E-state index contributed by atoms with van der Waals surface area (Å²) in [6.45, 7) is -1.50. The van der Waals surface area contributed by atoms with Gasteiger partial charge in [-0.2, -0.15) is 13.2 Å². The minimum atomic E-state index is -4.55. The molecule has 2 rings (SSSR count). The van der Waals surface area contributed by atoms with Gasteiger partial charge in [-0.25, -0.2) is 9.78 Å². The number of carbonyl (C=O) groups is 1. The molecule has 1 N–H and O–H groups in total. The highest BCUT2D eigenvalue weighted by Crippen LogP contribution is 2.13. The van der Waals surface area contributed by atoms with Crippen LogP contribution in [0.3, 0.4) is 0 Å². The van der Waals surface area contributed by atoms with E-state index in [0.29, 0.717) is 0 Å². The Morgan fingerprint density at radius 1 is 1.23 bits per heavy atom. The van der Waals surface area contributed by atoms with Gasteiger partial charge in [-0.15, -0.1) is 0 Å². The van der Waals surface area contributed by atoms with Crippen molar-refractivity contribution in [1.82, 2.24) is 19.4 Å². The zero-order valence-electron chi connectivity index (χ0n) is 11.6. The molecule has 22 heavy (non-hydrogen) atoms. The first-order valence-electron chi connectivity index (χ1n) is 6.03. The number of amides is 1. The van der Waals surface area contributed by atoms with E-state index in [-0.39, 0.29) is 16.7 Å². The third kappa shape index (κ3) is 2.85. The minimum Gasteiger partial charge on any atom is -0.342 e. The van der Waals surface area contributed by atoms with E-state index in [0.717, 1.165) is 15.2 Å². The summed E-state index contributed by atoms with van der Waals surface area (Å²) in [5.74, 6) is -1.05. The fourth-order valence-corrected chi connectivity index (χ4v) is 1.85. The van der Waals surface area contributed by atoms with Crippen LogP contribution in [0.25, 0.3) is 11.0 Å². The molecule has 0 atom stereocenters. The van der Waals surface area contributed by atoms with Crippen molar-refractivity contribution < 1.29 is 18.0 Å². The van der Waals surface area contributed by atoms with Gasteiger partial charge in [-0.1, -0.05) is 0 Å². The van der Waals surface area contributed by atoms with E-state index in [1.165, 1.54) is 20.2 Å². The van der Waals surface area contributed by atoms with Crippen LogP contribution in [0.2, 0.25) is 0 Å². The van der Waals surface area contributed by atoms with Crippen LogP contribution in [-0.2, 0) is 14.1 Å². The van der Waals surface area contributed by atoms with Crippen molar-refractivity contribution in [1.29, 1.82) is 0 Å². The van der Waals surface area contributed by atoms with Crippen molar-refractivity contribution in [3.63, 3.8) is 0 Å². The summed E-state index contributed by atoms with van der Waals surface area (Å²) in [6, 6.07) is 2.37. The zero-order chi connectivity index (χ0) is 16.7. The zero-order valence-corrected chi connectivity index (χ0v) is 11.6. The normalized spacial score (nSPS) is 11.7. The van der Waals surface area contributed by atoms with Crippen LogP contribution in [0.4, 0.5) is 13.2 Å². The fourth-order valence-electron chi connectivity index (χ4n) is 1.85. The number of nitrogens with one attached hydrogen (secondary N) is 1. The summed E-state index contributed by atoms with van der Waals surface area (Å²) in [7, 11) is 2.63. The molecule has 0 aliphatic rings. The molecule has 0 aliphatic heterocycles. The van der Waals surface area contributed by atoms with Gasteiger partial charge in [-0.05, 0) is 12.1 Å². The maximum absolute atomic E-state index is 12.1. The van der Waals surface area contributed by atoms with Crippen molar-refractivity contribution in [2.24, 2.45) is 14.1 Å². The van der Waals surface area contributed by atoms with Crippen molar-refractivity contribution in [2.45, 2.75) is 6.18 Å². The van der Waals surface area contributed by atoms with E-state index in [1.54, 1.807) is 5.32 Å². The highest BCUT2D eigenvalue weighted by Gasteiger charge is 2.28. The molecular formula is C12H11F3N4O3. The summed E-state index contributed by atoms with van der Waals surface area (Å²) < 4.78 is 38.1. The van der Waals surface area contributed by atoms with Gasteiger partial charge in [0, 0.05) is 14.1 Å². The number of fused-ring (bicyclic) bond motifs is 1. The molecule has 2 aromatic heterocycles. The van der Waals surface area contributed by atoms with E-state index in [2.05, 4.69) is 4.98 Å². The molecule has 0 aromatic carbocycles. The van der Waals surface area contributed by atoms with Gasteiger partial charge in [0.1, 0.15) is 17.9 Å². The van der Waals surface area contributed by atoms with Gasteiger partial charge in [-0.3, -0.25) is 18.7 Å². The van der Waals surface area contributed by atoms with E-state index >= 15 is 0 Å². The highest BCUT2D eigenvalue weighted by molar-refractivity contribution is 5.94. The minimum absolute atomic E-state index is 0.0761. The first-order chi connectivity index (χ1) is 10.1. The topological polar surface area (TPSA) is 86.0 Å². The number of carbonyl (C=O) groups excluding carboxylic acids is 1. The summed E-state index contributed by atoms with van der Waals surface area (Å²) in [6.07, 6.45) is -4.55. The molecule has 0 bridgehead atoms. The smallest absolute Gasteiger partial charge is 0.342 e. The van der Waals surface area contributed by atoms with Gasteiger partial charge >= 0.3 is 11.9 Å². The molecule has 10 heteroatoms. The van der Waals surface area contributed by atoms with Crippen molar-refractivity contribution in [2.75, 3.05) is 6.54 Å². The summed E-state index contributed by atoms with van der Waals surface area (Å²) in [5.41, 5.74) is -1.65. The van der Waals surface area contributed by atoms with Crippen molar-refractivity contribution in [3.8, 4) is 0 Å². The van der Waals surface area contributed by atoms with Crippen LogP contribution in [0.1, 0.15) is 10.5 Å². The molecule has 118 valence electrons. The van der Waals surface area contributed by atoms with Gasteiger partial charge < -0.3 is 5.32 Å². The van der Waals surface area contributed by atoms with Gasteiger partial charge in [0.15, 0.2) is 0 Å². The van der Waals surface area contributed by atoms with Crippen molar-refractivity contribution >= 4 is 16.9 Å². The molecule has 2 heterocycles. The van der Waals surface area contributed by atoms with Crippen molar-refractivity contribution in [3.05, 3.63) is 38.7 Å². The first-order valence-corrected chi connectivity index (χ1v) is 6.03. The molecule has 0 saturated carbocycles. The molecule has 0 spiro atoms. The molecule has 0 radical (unpaired) electrons. The highest BCUT2D eigenvalue weighted by atomic mass is 19.4. The maximum atomic E-state index is 12.1. The first kappa shape index (κ1) is 15.7. The lowest BCUT2D eigenvalue weighted by Gasteiger charge is -2.10. The number of aryl methyl sites for hydroxylation is 1. The Bertz CT molecular complexity index is 867. The Balaban J connectivity index is 2.50. The largest absolute Gasteiger partial charge is 0.405 e. The number of halogens is 3. The summed E-state index contributed by atoms with van der Waals surface area (Å²) >= 11 is 0. The number of hydrogen-bond acceptors (Lipinski definition) is 4. The van der Waals surface area contributed by atoms with E-state index in [4.69, 9.17) is 0 Å². The number of nitrogens with zero attached hydrogens (tertiary/aromatic N) is 3. The van der Waals surface area contributed by atoms with Crippen LogP contribution in [-0.4, -0.2) is 32.7 Å². The average molecular weight is 316 g/mol. The van der Waals surface area contributed by atoms with Gasteiger partial charge in [0.2, 0.25) is 0 Å². The standard InChI is InChI=1S/C12H11F3N4O3/c1-18-8-6(10(21)19(2)11(18)22)3-4-7(17-8)9(20)16-5-12(13,14)15/h3-4H,5H2,1-2H3,(H,16,20). The van der Waals surface area contributed by atoms with Crippen LogP contribution in [0, 0.1) is 0 Å². The Morgan fingerprint density at radius 3 is 2.45 bits per heavy atom. The van der Waals surface area contributed by atoms with Crippen LogP contribution in [0.15, 0.2) is 21.7 Å². The van der Waals surface area contributed by atoms with E-state index < -0.39 is 29.9 Å². The molecule has 1 amide bonds. The van der Waals surface area contributed by atoms with Gasteiger partial charge in [0.05, 0.1) is 5.39 Å². The number of alkyl halides is 3. The number of aromatic nitrogens is 3. The SMILES string of the molecule is Cn1c(=O)c2ccc(C(=O)NCC(F)(F)F)nc2n(C)c1=O. The van der Waals surface area contributed by atoms with Crippen LogP contribution in [0.5, 0.6) is 0 Å². The quantitative estimate of drug-likeness (QED) is 0.840. The fraction of sp³-hybridized carbons (Fsp3) is 0.333.